The van der Waals surface area contributed by atoms with Crippen LogP contribution in [0.1, 0.15) is 27.7 Å². The van der Waals surface area contributed by atoms with Crippen molar-refractivity contribution in [2.24, 2.45) is 0 Å². The zero-order chi connectivity index (χ0) is 21.4. The van der Waals surface area contributed by atoms with E-state index >= 15 is 0 Å². The summed E-state index contributed by atoms with van der Waals surface area (Å²) in [6.07, 6.45) is -1.70. The highest BCUT2D eigenvalue weighted by Crippen LogP contribution is 2.26. The summed E-state index contributed by atoms with van der Waals surface area (Å²) in [6, 6.07) is 0. The van der Waals surface area contributed by atoms with E-state index in [0.29, 0.717) is 38.0 Å². The van der Waals surface area contributed by atoms with Crippen molar-refractivity contribution in [3.8, 4) is 5.88 Å². The first kappa shape index (κ1) is 23.1. The van der Waals surface area contributed by atoms with Crippen molar-refractivity contribution in [3.05, 3.63) is 0 Å². The summed E-state index contributed by atoms with van der Waals surface area (Å²) in [5.41, 5.74) is -0.630. The van der Waals surface area contributed by atoms with Crippen molar-refractivity contribution in [2.45, 2.75) is 39.3 Å². The fraction of sp³-hybridized carbons (Fsp3) is 0.765. The van der Waals surface area contributed by atoms with Crippen LogP contribution in [-0.2, 0) is 19.0 Å². The van der Waals surface area contributed by atoms with Gasteiger partial charge >= 0.3 is 12.1 Å². The van der Waals surface area contributed by atoms with E-state index < -0.39 is 30.5 Å². The molecular weight excluding hydrogens is 404 g/mol. The van der Waals surface area contributed by atoms with Crippen LogP contribution >= 0.6 is 11.7 Å². The molecule has 11 nitrogen and oxygen atoms in total. The second kappa shape index (κ2) is 10.6. The van der Waals surface area contributed by atoms with Gasteiger partial charge in [-0.2, -0.15) is 4.37 Å². The summed E-state index contributed by atoms with van der Waals surface area (Å²) in [5, 5.41) is 10.4. The smallest absolute Gasteiger partial charge is 0.413 e. The number of esters is 1. The number of amides is 1. The largest absolute Gasteiger partial charge is 0.472 e. The van der Waals surface area contributed by atoms with E-state index in [1.807, 2.05) is 4.90 Å². The third kappa shape index (κ3) is 7.29. The number of aromatic nitrogens is 2. The number of aliphatic hydroxyl groups is 1. The third-order valence-corrected chi connectivity index (χ3v) is 4.54. The summed E-state index contributed by atoms with van der Waals surface area (Å²) < 4.78 is 29.0. The van der Waals surface area contributed by atoms with Gasteiger partial charge < -0.3 is 33.9 Å². The molecule has 1 aliphatic rings. The van der Waals surface area contributed by atoms with Gasteiger partial charge in [0.25, 0.3) is 5.88 Å². The van der Waals surface area contributed by atoms with E-state index in [2.05, 4.69) is 13.5 Å². The van der Waals surface area contributed by atoms with Crippen molar-refractivity contribution in [3.63, 3.8) is 0 Å². The fourth-order valence-corrected chi connectivity index (χ4v) is 3.06. The standard InChI is InChI=1S/C17H28N4O7S/c1-12(22)27-11-28-16(24)21(17(2,3)4)9-13(23)10-26-15-14(18-29-19-15)20-5-7-25-8-6-20/h13,23H,5-11H2,1-4H3. The number of morpholine rings is 1. The summed E-state index contributed by atoms with van der Waals surface area (Å²) in [5.74, 6) is 0.413. The maximum Gasteiger partial charge on any atom is 0.413 e. The Labute approximate surface area is 173 Å². The van der Waals surface area contributed by atoms with Gasteiger partial charge in [0.05, 0.1) is 31.5 Å². The van der Waals surface area contributed by atoms with E-state index in [1.165, 1.54) is 11.8 Å². The lowest BCUT2D eigenvalue weighted by Crippen LogP contribution is -2.50. The van der Waals surface area contributed by atoms with Crippen LogP contribution in [0.5, 0.6) is 5.88 Å². The van der Waals surface area contributed by atoms with Crippen molar-refractivity contribution in [2.75, 3.05) is 51.1 Å². The summed E-state index contributed by atoms with van der Waals surface area (Å²) in [6.45, 7) is 8.62. The van der Waals surface area contributed by atoms with Crippen LogP contribution < -0.4 is 9.64 Å². The first-order valence-electron chi connectivity index (χ1n) is 9.22. The van der Waals surface area contributed by atoms with Crippen molar-refractivity contribution in [1.82, 2.24) is 13.6 Å². The Morgan fingerprint density at radius 2 is 1.97 bits per heavy atom. The van der Waals surface area contributed by atoms with Crippen LogP contribution in [0.2, 0.25) is 0 Å². The van der Waals surface area contributed by atoms with Crippen molar-refractivity contribution >= 4 is 29.6 Å². The minimum atomic E-state index is -0.991. The molecule has 0 radical (unpaired) electrons. The molecule has 0 spiro atoms. The van der Waals surface area contributed by atoms with Crippen LogP contribution in [0.25, 0.3) is 0 Å². The first-order chi connectivity index (χ1) is 13.7. The number of anilines is 1. The average molecular weight is 432 g/mol. The molecule has 1 saturated heterocycles. The highest BCUT2D eigenvalue weighted by molar-refractivity contribution is 6.99. The third-order valence-electron chi connectivity index (χ3n) is 4.03. The van der Waals surface area contributed by atoms with E-state index in [9.17, 15) is 14.7 Å². The first-order valence-corrected chi connectivity index (χ1v) is 9.95. The lowest BCUT2D eigenvalue weighted by Gasteiger charge is -2.35. The summed E-state index contributed by atoms with van der Waals surface area (Å²) in [7, 11) is 0. The maximum absolute atomic E-state index is 12.3. The number of nitrogens with zero attached hydrogens (tertiary/aromatic N) is 4. The molecule has 2 heterocycles. The quantitative estimate of drug-likeness (QED) is 0.467. The number of hydrogen-bond acceptors (Lipinski definition) is 11. The molecule has 0 saturated carbocycles. The molecule has 1 atom stereocenters. The van der Waals surface area contributed by atoms with Crippen LogP contribution in [0.3, 0.4) is 0 Å². The van der Waals surface area contributed by atoms with Gasteiger partial charge in [-0.3, -0.25) is 4.79 Å². The molecule has 1 aromatic heterocycles. The van der Waals surface area contributed by atoms with Gasteiger partial charge in [-0.05, 0) is 20.8 Å². The van der Waals surface area contributed by atoms with Crippen molar-refractivity contribution in [1.29, 1.82) is 0 Å². The van der Waals surface area contributed by atoms with Gasteiger partial charge in [0, 0.05) is 25.6 Å². The topological polar surface area (TPSA) is 124 Å². The van der Waals surface area contributed by atoms with Gasteiger partial charge in [0.15, 0.2) is 0 Å². The SMILES string of the molecule is CC(=O)OCOC(=O)N(CC(O)COc1nsnc1N1CCOCC1)C(C)(C)C. The molecule has 2 rings (SSSR count). The molecule has 0 aromatic carbocycles. The van der Waals surface area contributed by atoms with Gasteiger partial charge in [0.1, 0.15) is 12.7 Å². The molecule has 1 N–H and O–H groups in total. The minimum Gasteiger partial charge on any atom is -0.472 e. The normalized spacial score (nSPS) is 15.6. The van der Waals surface area contributed by atoms with Gasteiger partial charge in [-0.15, -0.1) is 4.37 Å². The van der Waals surface area contributed by atoms with Crippen molar-refractivity contribution < 1.29 is 33.6 Å². The summed E-state index contributed by atoms with van der Waals surface area (Å²) >= 11 is 1.03. The molecule has 164 valence electrons. The van der Waals surface area contributed by atoms with Crippen LogP contribution in [0.4, 0.5) is 10.6 Å². The molecule has 12 heteroatoms. The molecule has 1 fully saturated rings. The fourth-order valence-electron chi connectivity index (χ4n) is 2.54. The maximum atomic E-state index is 12.3. The molecule has 1 unspecified atom stereocenters. The molecule has 0 aliphatic carbocycles. The predicted molar refractivity (Wildman–Crippen MR) is 104 cm³/mol. The van der Waals surface area contributed by atoms with E-state index in [-0.39, 0.29) is 13.2 Å². The number of aliphatic hydroxyl groups excluding tert-OH is 1. The Kier molecular flexibility index (Phi) is 8.41. The zero-order valence-electron chi connectivity index (χ0n) is 17.1. The van der Waals surface area contributed by atoms with Gasteiger partial charge in [-0.25, -0.2) is 4.79 Å². The Morgan fingerprint density at radius 1 is 1.28 bits per heavy atom. The number of carbonyl (C=O) groups excluding carboxylic acids is 2. The van der Waals surface area contributed by atoms with Crippen LogP contribution in [-0.4, -0.2) is 88.7 Å². The molecule has 1 aliphatic heterocycles. The Hall–Kier alpha value is -2.18. The lowest BCUT2D eigenvalue weighted by molar-refractivity contribution is -0.150. The Bertz CT molecular complexity index is 673. The van der Waals surface area contributed by atoms with Crippen LogP contribution in [0, 0.1) is 0 Å². The monoisotopic (exact) mass is 432 g/mol. The molecular formula is C17H28N4O7S. The number of ether oxygens (including phenoxy) is 4. The Morgan fingerprint density at radius 3 is 2.59 bits per heavy atom. The molecule has 1 aromatic rings. The summed E-state index contributed by atoms with van der Waals surface area (Å²) in [4.78, 5) is 26.5. The average Bonchev–Trinajstić information content (AvgIpc) is 3.12. The Balaban J connectivity index is 1.90. The van der Waals surface area contributed by atoms with E-state index in [0.717, 1.165) is 11.7 Å². The number of rotatable bonds is 8. The second-order valence-corrected chi connectivity index (χ2v) is 7.93. The predicted octanol–water partition coefficient (Wildman–Crippen LogP) is 0.872. The zero-order valence-corrected chi connectivity index (χ0v) is 17.9. The van der Waals surface area contributed by atoms with E-state index in [1.54, 1.807) is 20.8 Å². The highest BCUT2D eigenvalue weighted by atomic mass is 32.1. The van der Waals surface area contributed by atoms with Crippen LogP contribution in [0.15, 0.2) is 0 Å². The number of β-amino-alcohol motifs (C(OH)–C–C–N with tert-alkyl or cyclic N) is 1. The highest BCUT2D eigenvalue weighted by Gasteiger charge is 2.30. The van der Waals surface area contributed by atoms with Gasteiger partial charge in [-0.1, -0.05) is 0 Å². The number of carbonyl (C=O) groups is 2. The lowest BCUT2D eigenvalue weighted by atomic mass is 10.1. The number of hydrogen-bond donors (Lipinski definition) is 1. The van der Waals surface area contributed by atoms with E-state index in [4.69, 9.17) is 14.2 Å². The molecule has 0 bridgehead atoms. The minimum absolute atomic E-state index is 0.0349. The molecule has 1 amide bonds. The van der Waals surface area contributed by atoms with Gasteiger partial charge in [0.2, 0.25) is 12.6 Å². The second-order valence-electron chi connectivity index (χ2n) is 7.40. The molecule has 29 heavy (non-hydrogen) atoms.